The van der Waals surface area contributed by atoms with Crippen LogP contribution in [0.2, 0.25) is 0 Å². The van der Waals surface area contributed by atoms with E-state index in [1.807, 2.05) is 52.6 Å². The lowest BCUT2D eigenvalue weighted by atomic mass is 9.95. The standard InChI is InChI=1S/C27H25N3OS/c31-27(28-20-12-5-2-6-13-20)30-18-22-21-14-7-8-16-24(21)32-26(22)29-17-9-15-23(29)25(30)19-10-3-1-4-11-19/h1-6,9-13,15,17,25H,7-8,14,16,18H2,(H,28,31)/t25-/m1/s1. The van der Waals surface area contributed by atoms with Gasteiger partial charge in [0.25, 0.3) is 0 Å². The number of amides is 2. The molecular formula is C27H25N3OS. The van der Waals surface area contributed by atoms with Gasteiger partial charge in [-0.3, -0.25) is 0 Å². The lowest BCUT2D eigenvalue weighted by Gasteiger charge is -2.31. The summed E-state index contributed by atoms with van der Waals surface area (Å²) >= 11 is 1.92. The summed E-state index contributed by atoms with van der Waals surface area (Å²) in [7, 11) is 0. The van der Waals surface area contributed by atoms with Crippen molar-refractivity contribution in [2.24, 2.45) is 0 Å². The number of thiophene rings is 1. The Hall–Kier alpha value is -3.31. The molecule has 5 heteroatoms. The van der Waals surface area contributed by atoms with E-state index in [1.165, 1.54) is 33.8 Å². The fourth-order valence-corrected chi connectivity index (χ4v) is 6.49. The SMILES string of the molecule is O=C(Nc1ccccc1)N1Cc2c(sc3c2CCCC3)-n2cccc2[C@H]1c1ccccc1. The number of nitrogens with one attached hydrogen (secondary N) is 1. The Balaban J connectivity index is 1.51. The van der Waals surface area contributed by atoms with E-state index in [1.54, 1.807) is 0 Å². The van der Waals surface area contributed by atoms with Crippen LogP contribution in [0.1, 0.15) is 46.1 Å². The van der Waals surface area contributed by atoms with Gasteiger partial charge in [0, 0.05) is 22.3 Å². The summed E-state index contributed by atoms with van der Waals surface area (Å²) in [6, 6.07) is 24.2. The molecule has 4 nitrogen and oxygen atoms in total. The maximum absolute atomic E-state index is 13.7. The predicted molar refractivity (Wildman–Crippen MR) is 130 cm³/mol. The number of anilines is 1. The van der Waals surface area contributed by atoms with E-state index in [9.17, 15) is 4.79 Å². The normalized spacial score (nSPS) is 17.1. The minimum Gasteiger partial charge on any atom is -0.310 e. The molecule has 32 heavy (non-hydrogen) atoms. The third-order valence-corrected chi connectivity index (χ3v) is 7.91. The van der Waals surface area contributed by atoms with Crippen molar-refractivity contribution >= 4 is 23.1 Å². The second-order valence-electron chi connectivity index (χ2n) is 8.53. The lowest BCUT2D eigenvalue weighted by molar-refractivity contribution is 0.194. The third kappa shape index (κ3) is 3.24. The van der Waals surface area contributed by atoms with Crippen LogP contribution in [0.4, 0.5) is 10.5 Å². The Kier molecular flexibility index (Phi) is 4.84. The summed E-state index contributed by atoms with van der Waals surface area (Å²) < 4.78 is 2.33. The Morgan fingerprint density at radius 2 is 1.62 bits per heavy atom. The second kappa shape index (κ2) is 7.99. The van der Waals surface area contributed by atoms with Crippen LogP contribution in [-0.2, 0) is 19.4 Å². The van der Waals surface area contributed by atoms with Crippen molar-refractivity contribution in [3.63, 3.8) is 0 Å². The molecule has 6 rings (SSSR count). The highest BCUT2D eigenvalue weighted by molar-refractivity contribution is 7.15. The molecular weight excluding hydrogens is 414 g/mol. The molecule has 0 saturated carbocycles. The Bertz CT molecular complexity index is 1260. The van der Waals surface area contributed by atoms with Crippen LogP contribution < -0.4 is 5.32 Å². The summed E-state index contributed by atoms with van der Waals surface area (Å²) in [6.45, 7) is 0.612. The number of carbonyl (C=O) groups excluding carboxylic acids is 1. The van der Waals surface area contributed by atoms with Crippen LogP contribution >= 0.6 is 11.3 Å². The molecule has 3 heterocycles. The zero-order valence-corrected chi connectivity index (χ0v) is 18.6. The van der Waals surface area contributed by atoms with Crippen LogP contribution in [0.25, 0.3) is 5.00 Å². The van der Waals surface area contributed by atoms with Crippen molar-refractivity contribution in [1.29, 1.82) is 0 Å². The summed E-state index contributed by atoms with van der Waals surface area (Å²) in [5, 5.41) is 4.43. The number of nitrogens with zero attached hydrogens (tertiary/aromatic N) is 2. The number of carbonyl (C=O) groups is 1. The number of rotatable bonds is 2. The van der Waals surface area contributed by atoms with Crippen molar-refractivity contribution in [3.05, 3.63) is 106 Å². The van der Waals surface area contributed by atoms with E-state index in [2.05, 4.69) is 52.5 Å². The van der Waals surface area contributed by atoms with E-state index in [-0.39, 0.29) is 12.1 Å². The molecule has 0 saturated heterocycles. The van der Waals surface area contributed by atoms with Gasteiger partial charge in [-0.05, 0) is 61.1 Å². The number of para-hydroxylation sites is 1. The molecule has 160 valence electrons. The first-order valence-electron chi connectivity index (χ1n) is 11.3. The van der Waals surface area contributed by atoms with E-state index in [0.717, 1.165) is 29.8 Å². The first-order chi connectivity index (χ1) is 15.8. The highest BCUT2D eigenvalue weighted by atomic mass is 32.1. The number of aryl methyl sites for hydroxylation is 1. The first-order valence-corrected chi connectivity index (χ1v) is 12.1. The fraction of sp³-hybridized carbons (Fsp3) is 0.222. The number of aromatic nitrogens is 1. The fourth-order valence-electron chi connectivity index (χ4n) is 5.09. The topological polar surface area (TPSA) is 37.3 Å². The molecule has 0 bridgehead atoms. The Morgan fingerprint density at radius 1 is 0.875 bits per heavy atom. The number of urea groups is 1. The quantitative estimate of drug-likeness (QED) is 0.378. The molecule has 0 unspecified atom stereocenters. The first kappa shape index (κ1) is 19.4. The zero-order chi connectivity index (χ0) is 21.5. The highest BCUT2D eigenvalue weighted by Gasteiger charge is 2.35. The van der Waals surface area contributed by atoms with Crippen molar-refractivity contribution in [3.8, 4) is 5.00 Å². The maximum atomic E-state index is 13.7. The average molecular weight is 440 g/mol. The van der Waals surface area contributed by atoms with E-state index in [0.29, 0.717) is 6.54 Å². The second-order valence-corrected chi connectivity index (χ2v) is 9.62. The van der Waals surface area contributed by atoms with Gasteiger partial charge in [-0.2, -0.15) is 0 Å². The summed E-state index contributed by atoms with van der Waals surface area (Å²) in [5.74, 6) is 0. The summed E-state index contributed by atoms with van der Waals surface area (Å²) in [4.78, 5) is 17.3. The monoisotopic (exact) mass is 439 g/mol. The van der Waals surface area contributed by atoms with Gasteiger partial charge in [-0.1, -0.05) is 48.5 Å². The van der Waals surface area contributed by atoms with Gasteiger partial charge in [0.1, 0.15) is 5.00 Å². The molecule has 0 spiro atoms. The van der Waals surface area contributed by atoms with Crippen LogP contribution in [0.3, 0.4) is 0 Å². The van der Waals surface area contributed by atoms with E-state index >= 15 is 0 Å². The third-order valence-electron chi connectivity index (χ3n) is 6.58. The van der Waals surface area contributed by atoms with Gasteiger partial charge in [-0.15, -0.1) is 11.3 Å². The maximum Gasteiger partial charge on any atom is 0.322 e. The van der Waals surface area contributed by atoms with Gasteiger partial charge in [-0.25, -0.2) is 4.79 Å². The summed E-state index contributed by atoms with van der Waals surface area (Å²) in [5.41, 5.74) is 5.87. The van der Waals surface area contributed by atoms with Gasteiger partial charge in [0.15, 0.2) is 0 Å². The van der Waals surface area contributed by atoms with Gasteiger partial charge in [0.05, 0.1) is 18.3 Å². The highest BCUT2D eigenvalue weighted by Crippen LogP contribution is 2.44. The van der Waals surface area contributed by atoms with Gasteiger partial charge in [0.2, 0.25) is 0 Å². The number of hydrogen-bond donors (Lipinski definition) is 1. The minimum absolute atomic E-state index is 0.0681. The number of benzene rings is 2. The molecule has 1 atom stereocenters. The van der Waals surface area contributed by atoms with E-state index < -0.39 is 0 Å². The van der Waals surface area contributed by atoms with E-state index in [4.69, 9.17) is 0 Å². The minimum atomic E-state index is -0.159. The van der Waals surface area contributed by atoms with Crippen molar-refractivity contribution < 1.29 is 4.79 Å². The molecule has 4 aromatic rings. The average Bonchev–Trinajstić information content (AvgIpc) is 3.42. The number of fused-ring (bicyclic) bond motifs is 5. The molecule has 1 aliphatic heterocycles. The van der Waals surface area contributed by atoms with Crippen molar-refractivity contribution in [2.45, 2.75) is 38.3 Å². The molecule has 1 aliphatic carbocycles. The van der Waals surface area contributed by atoms with Gasteiger partial charge < -0.3 is 14.8 Å². The van der Waals surface area contributed by atoms with Gasteiger partial charge >= 0.3 is 6.03 Å². The molecule has 2 aromatic carbocycles. The zero-order valence-electron chi connectivity index (χ0n) is 17.8. The molecule has 2 aliphatic rings. The van der Waals surface area contributed by atoms with Crippen LogP contribution in [-0.4, -0.2) is 15.5 Å². The predicted octanol–water partition coefficient (Wildman–Crippen LogP) is 6.55. The van der Waals surface area contributed by atoms with Crippen molar-refractivity contribution in [2.75, 3.05) is 5.32 Å². The van der Waals surface area contributed by atoms with Crippen molar-refractivity contribution in [1.82, 2.24) is 9.47 Å². The smallest absolute Gasteiger partial charge is 0.310 e. The van der Waals surface area contributed by atoms with Crippen LogP contribution in [0.15, 0.2) is 79.0 Å². The number of hydrogen-bond acceptors (Lipinski definition) is 2. The Morgan fingerprint density at radius 3 is 2.44 bits per heavy atom. The van der Waals surface area contributed by atoms with Crippen LogP contribution in [0.5, 0.6) is 0 Å². The largest absolute Gasteiger partial charge is 0.322 e. The lowest BCUT2D eigenvalue weighted by Crippen LogP contribution is -2.38. The molecule has 2 amide bonds. The Labute approximate surface area is 192 Å². The molecule has 1 N–H and O–H groups in total. The molecule has 2 aromatic heterocycles. The molecule has 0 fully saturated rings. The molecule has 0 radical (unpaired) electrons. The van der Waals surface area contributed by atoms with Crippen LogP contribution in [0, 0.1) is 0 Å². The summed E-state index contributed by atoms with van der Waals surface area (Å²) in [6.07, 6.45) is 6.91.